The number of hydrogen-bond acceptors (Lipinski definition) is 6. The molecule has 1 unspecified atom stereocenters. The van der Waals surface area contributed by atoms with E-state index in [2.05, 4.69) is 26.8 Å². The molecular formula is C25H31ClFN7O. The van der Waals surface area contributed by atoms with Gasteiger partial charge in [-0.1, -0.05) is 12.8 Å². The Balaban J connectivity index is 1.47. The van der Waals surface area contributed by atoms with E-state index >= 15 is 4.39 Å². The molecule has 3 heterocycles. The Labute approximate surface area is 209 Å². The smallest absolute Gasteiger partial charge is 0.273 e. The molecule has 5 rings (SSSR count). The first-order chi connectivity index (χ1) is 16.8. The maximum absolute atomic E-state index is 15.7. The van der Waals surface area contributed by atoms with Gasteiger partial charge in [0.1, 0.15) is 11.3 Å². The Bertz CT molecular complexity index is 1220. The second-order valence-corrected chi connectivity index (χ2v) is 10.1. The van der Waals surface area contributed by atoms with E-state index in [4.69, 9.17) is 17.3 Å². The van der Waals surface area contributed by atoms with E-state index in [1.54, 1.807) is 16.5 Å². The van der Waals surface area contributed by atoms with E-state index in [9.17, 15) is 4.79 Å². The summed E-state index contributed by atoms with van der Waals surface area (Å²) in [5, 5.41) is 0.282. The third-order valence-corrected chi connectivity index (χ3v) is 7.47. The monoisotopic (exact) mass is 499 g/mol. The third kappa shape index (κ3) is 4.54. The van der Waals surface area contributed by atoms with Crippen molar-refractivity contribution in [2.24, 2.45) is 0 Å². The van der Waals surface area contributed by atoms with Crippen molar-refractivity contribution in [1.29, 1.82) is 0 Å². The number of likely N-dealkylation sites (N-methyl/N-ethyl adjacent to an activating group) is 2. The molecule has 1 aliphatic carbocycles. The molecule has 3 aromatic rings. The molecule has 1 saturated carbocycles. The topological polar surface area (TPSA) is 83.5 Å². The van der Waals surface area contributed by atoms with Gasteiger partial charge in [-0.25, -0.2) is 9.37 Å². The highest BCUT2D eigenvalue weighted by Crippen LogP contribution is 2.36. The SMILES string of the molecule is CN1CCN(c2ccc(N)cc2)C(CN(C)C(=O)c2c(F)c3cnc(Cl)nc3n2C2CCCC2)C1. The van der Waals surface area contributed by atoms with Crippen LogP contribution < -0.4 is 10.6 Å². The summed E-state index contributed by atoms with van der Waals surface area (Å²) in [4.78, 5) is 28.2. The number of anilines is 2. The maximum atomic E-state index is 15.7. The number of piperazine rings is 1. The minimum absolute atomic E-state index is 0.0207. The zero-order valence-corrected chi connectivity index (χ0v) is 20.9. The van der Waals surface area contributed by atoms with Gasteiger partial charge in [-0.3, -0.25) is 4.79 Å². The Morgan fingerprint density at radius 3 is 2.66 bits per heavy atom. The minimum atomic E-state index is -0.573. The van der Waals surface area contributed by atoms with Gasteiger partial charge in [-0.05, 0) is 55.8 Å². The summed E-state index contributed by atoms with van der Waals surface area (Å²) in [6.45, 7) is 2.99. The third-order valence-electron chi connectivity index (χ3n) is 7.29. The number of nitrogen functional groups attached to an aromatic ring is 1. The molecule has 1 amide bonds. The molecule has 2 N–H and O–H groups in total. The lowest BCUT2D eigenvalue weighted by Gasteiger charge is -2.43. The van der Waals surface area contributed by atoms with Gasteiger partial charge in [-0.15, -0.1) is 0 Å². The lowest BCUT2D eigenvalue weighted by Crippen LogP contribution is -2.56. The largest absolute Gasteiger partial charge is 0.399 e. The normalized spacial score (nSPS) is 19.5. The molecule has 1 atom stereocenters. The highest BCUT2D eigenvalue weighted by molar-refractivity contribution is 6.28. The standard InChI is InChI=1S/C25H31ClFN7O/c1-31-11-12-33(17-9-7-16(28)8-10-17)19(14-31)15-32(2)24(35)22-21(27)20-13-29-25(26)30-23(20)34(22)18-5-3-4-6-18/h7-10,13,18-19H,3-6,11-12,14-15,28H2,1-2H3. The number of carbonyl (C=O) groups excluding carboxylic acids is 1. The first-order valence-electron chi connectivity index (χ1n) is 12.1. The first kappa shape index (κ1) is 23.8. The van der Waals surface area contributed by atoms with Gasteiger partial charge in [0.05, 0.1) is 11.4 Å². The number of rotatable bonds is 5. The highest BCUT2D eigenvalue weighted by atomic mass is 35.5. The predicted octanol–water partition coefficient (Wildman–Crippen LogP) is 3.81. The van der Waals surface area contributed by atoms with Gasteiger partial charge in [-0.2, -0.15) is 4.98 Å². The number of amides is 1. The molecule has 2 aromatic heterocycles. The fourth-order valence-corrected chi connectivity index (χ4v) is 5.63. The van der Waals surface area contributed by atoms with Crippen LogP contribution in [-0.4, -0.2) is 76.6 Å². The van der Waals surface area contributed by atoms with Crippen LogP contribution in [0.25, 0.3) is 11.0 Å². The molecule has 2 aliphatic rings. The lowest BCUT2D eigenvalue weighted by atomic mass is 10.1. The fraction of sp³-hybridized carbons (Fsp3) is 0.480. The second kappa shape index (κ2) is 9.62. The summed E-state index contributed by atoms with van der Waals surface area (Å²) < 4.78 is 17.5. The molecule has 0 radical (unpaired) electrons. The molecule has 8 nitrogen and oxygen atoms in total. The number of benzene rings is 1. The van der Waals surface area contributed by atoms with Gasteiger partial charge >= 0.3 is 0 Å². The minimum Gasteiger partial charge on any atom is -0.399 e. The first-order valence-corrected chi connectivity index (χ1v) is 12.5. The number of aromatic nitrogens is 3. The van der Waals surface area contributed by atoms with Crippen molar-refractivity contribution in [3.8, 4) is 0 Å². The van der Waals surface area contributed by atoms with Crippen LogP contribution in [0.5, 0.6) is 0 Å². The number of fused-ring (bicyclic) bond motifs is 1. The van der Waals surface area contributed by atoms with Gasteiger partial charge in [0, 0.05) is 56.8 Å². The molecule has 1 saturated heterocycles. The number of nitrogens with two attached hydrogens (primary N) is 1. The molecule has 186 valence electrons. The summed E-state index contributed by atoms with van der Waals surface area (Å²) >= 11 is 6.06. The van der Waals surface area contributed by atoms with Crippen LogP contribution >= 0.6 is 11.6 Å². The molecule has 35 heavy (non-hydrogen) atoms. The van der Waals surface area contributed by atoms with E-state index < -0.39 is 5.82 Å². The zero-order chi connectivity index (χ0) is 24.7. The van der Waals surface area contributed by atoms with Crippen LogP contribution in [-0.2, 0) is 0 Å². The van der Waals surface area contributed by atoms with Crippen LogP contribution in [0.15, 0.2) is 30.5 Å². The summed E-state index contributed by atoms with van der Waals surface area (Å²) in [5.41, 5.74) is 8.11. The van der Waals surface area contributed by atoms with Crippen LogP contribution in [0.1, 0.15) is 42.2 Å². The molecular weight excluding hydrogens is 469 g/mol. The van der Waals surface area contributed by atoms with Gasteiger partial charge in [0.15, 0.2) is 5.82 Å². The predicted molar refractivity (Wildman–Crippen MR) is 136 cm³/mol. The molecule has 1 aromatic carbocycles. The van der Waals surface area contributed by atoms with Crippen molar-refractivity contribution in [2.45, 2.75) is 37.8 Å². The van der Waals surface area contributed by atoms with Crippen LogP contribution in [0.3, 0.4) is 0 Å². The average Bonchev–Trinajstić information content (AvgIpc) is 3.45. The molecule has 2 fully saturated rings. The van der Waals surface area contributed by atoms with Gasteiger partial charge in [0.25, 0.3) is 5.91 Å². The Hall–Kier alpha value is -2.91. The van der Waals surface area contributed by atoms with Crippen molar-refractivity contribution < 1.29 is 9.18 Å². The van der Waals surface area contributed by atoms with Crippen molar-refractivity contribution in [3.63, 3.8) is 0 Å². The molecule has 10 heteroatoms. The highest BCUT2D eigenvalue weighted by Gasteiger charge is 2.34. The van der Waals surface area contributed by atoms with E-state index in [0.717, 1.165) is 51.0 Å². The van der Waals surface area contributed by atoms with Crippen molar-refractivity contribution in [3.05, 3.63) is 47.3 Å². The maximum Gasteiger partial charge on any atom is 0.273 e. The Morgan fingerprint density at radius 2 is 1.94 bits per heavy atom. The quantitative estimate of drug-likeness (QED) is 0.424. The van der Waals surface area contributed by atoms with Crippen LogP contribution in [0.2, 0.25) is 5.28 Å². The van der Waals surface area contributed by atoms with Crippen molar-refractivity contribution >= 4 is 39.9 Å². The van der Waals surface area contributed by atoms with Gasteiger partial charge in [0.2, 0.25) is 5.28 Å². The van der Waals surface area contributed by atoms with Crippen molar-refractivity contribution in [2.75, 3.05) is 50.9 Å². The second-order valence-electron chi connectivity index (χ2n) is 9.73. The number of halogens is 2. The van der Waals surface area contributed by atoms with Crippen LogP contribution in [0, 0.1) is 5.82 Å². The van der Waals surface area contributed by atoms with Crippen LogP contribution in [0.4, 0.5) is 15.8 Å². The lowest BCUT2D eigenvalue weighted by molar-refractivity contribution is 0.0756. The summed E-state index contributed by atoms with van der Waals surface area (Å²) in [6.07, 6.45) is 5.22. The van der Waals surface area contributed by atoms with E-state index in [1.165, 1.54) is 6.20 Å². The van der Waals surface area contributed by atoms with E-state index in [1.807, 2.05) is 24.3 Å². The van der Waals surface area contributed by atoms with E-state index in [-0.39, 0.29) is 34.4 Å². The van der Waals surface area contributed by atoms with Crippen molar-refractivity contribution in [1.82, 2.24) is 24.3 Å². The summed E-state index contributed by atoms with van der Waals surface area (Å²) in [7, 11) is 3.82. The van der Waals surface area contributed by atoms with E-state index in [0.29, 0.717) is 17.9 Å². The molecule has 1 aliphatic heterocycles. The number of nitrogens with zero attached hydrogens (tertiary/aromatic N) is 6. The zero-order valence-electron chi connectivity index (χ0n) is 20.1. The average molecular weight is 500 g/mol. The molecule has 0 bridgehead atoms. The summed E-state index contributed by atoms with van der Waals surface area (Å²) in [6, 6.07) is 7.87. The van der Waals surface area contributed by atoms with Gasteiger partial charge < -0.3 is 25.0 Å². The Kier molecular flexibility index (Phi) is 6.55. The molecule has 0 spiro atoms. The summed E-state index contributed by atoms with van der Waals surface area (Å²) in [5.74, 6) is -0.925. The number of hydrogen-bond donors (Lipinski definition) is 1. The number of carbonyl (C=O) groups is 1. The fourth-order valence-electron chi connectivity index (χ4n) is 5.50. The Morgan fingerprint density at radius 1 is 1.23 bits per heavy atom.